The Kier molecular flexibility index (Phi) is 4.84. The van der Waals surface area contributed by atoms with E-state index in [0.29, 0.717) is 18.4 Å². The number of aromatic nitrogens is 1. The Morgan fingerprint density at radius 3 is 2.80 bits per heavy atom. The molecule has 1 aromatic carbocycles. The van der Waals surface area contributed by atoms with Crippen LogP contribution in [0, 0.1) is 18.7 Å². The molecular weight excluding hydrogens is 277 g/mol. The molecule has 0 aliphatic carbocycles. The standard InChI is InChI=1S/C15H16FNO2S/c1-10-14(20-9-17-10)7-6-12(15(18)19)8-11-4-2-3-5-13(11)16/h2-5,9,12H,6-8H2,1H3,(H,18,19). The van der Waals surface area contributed by atoms with Gasteiger partial charge in [-0.2, -0.15) is 0 Å². The molecule has 106 valence electrons. The number of carboxylic acid groups (broad SMARTS) is 1. The van der Waals surface area contributed by atoms with E-state index in [1.54, 1.807) is 23.7 Å². The molecule has 1 atom stereocenters. The summed E-state index contributed by atoms with van der Waals surface area (Å²) in [5.41, 5.74) is 3.17. The van der Waals surface area contributed by atoms with Crippen molar-refractivity contribution in [3.05, 3.63) is 51.7 Å². The summed E-state index contributed by atoms with van der Waals surface area (Å²) in [5.74, 6) is -1.79. The number of hydrogen-bond acceptors (Lipinski definition) is 3. The molecule has 0 saturated heterocycles. The summed E-state index contributed by atoms with van der Waals surface area (Å²) in [6.07, 6.45) is 1.38. The van der Waals surface area contributed by atoms with Crippen LogP contribution in [0.1, 0.15) is 22.6 Å². The SMILES string of the molecule is Cc1ncsc1CCC(Cc1ccccc1F)C(=O)O. The van der Waals surface area contributed by atoms with E-state index >= 15 is 0 Å². The van der Waals surface area contributed by atoms with Gasteiger partial charge in [-0.15, -0.1) is 11.3 Å². The van der Waals surface area contributed by atoms with Gasteiger partial charge in [-0.25, -0.2) is 9.37 Å². The van der Waals surface area contributed by atoms with E-state index in [1.165, 1.54) is 17.4 Å². The zero-order valence-corrected chi connectivity index (χ0v) is 12.0. The fourth-order valence-corrected chi connectivity index (χ4v) is 2.91. The highest BCUT2D eigenvalue weighted by molar-refractivity contribution is 7.09. The van der Waals surface area contributed by atoms with E-state index in [0.717, 1.165) is 10.6 Å². The highest BCUT2D eigenvalue weighted by Crippen LogP contribution is 2.21. The third-order valence-electron chi connectivity index (χ3n) is 3.34. The second kappa shape index (κ2) is 6.61. The molecule has 2 aromatic rings. The predicted molar refractivity (Wildman–Crippen MR) is 76.4 cm³/mol. The molecule has 1 N–H and O–H groups in total. The van der Waals surface area contributed by atoms with Crippen LogP contribution in [0.2, 0.25) is 0 Å². The molecule has 1 aromatic heterocycles. The molecule has 0 saturated carbocycles. The van der Waals surface area contributed by atoms with E-state index in [1.807, 2.05) is 6.92 Å². The molecule has 1 heterocycles. The molecule has 0 fully saturated rings. The Hall–Kier alpha value is -1.75. The first kappa shape index (κ1) is 14.7. The van der Waals surface area contributed by atoms with Crippen molar-refractivity contribution in [1.29, 1.82) is 0 Å². The largest absolute Gasteiger partial charge is 0.481 e. The first-order valence-electron chi connectivity index (χ1n) is 6.43. The van der Waals surface area contributed by atoms with Gasteiger partial charge in [0.2, 0.25) is 0 Å². The van der Waals surface area contributed by atoms with Crippen molar-refractivity contribution in [2.75, 3.05) is 0 Å². The maximum absolute atomic E-state index is 13.6. The van der Waals surface area contributed by atoms with E-state index < -0.39 is 11.9 Å². The molecule has 0 bridgehead atoms. The normalized spacial score (nSPS) is 12.3. The lowest BCUT2D eigenvalue weighted by Crippen LogP contribution is -2.18. The summed E-state index contributed by atoms with van der Waals surface area (Å²) >= 11 is 1.53. The Bertz CT molecular complexity index is 597. The van der Waals surface area contributed by atoms with Crippen molar-refractivity contribution in [3.8, 4) is 0 Å². The molecule has 3 nitrogen and oxygen atoms in total. The van der Waals surface area contributed by atoms with E-state index in [4.69, 9.17) is 0 Å². The Labute approximate surface area is 121 Å². The molecule has 0 aliphatic heterocycles. The fraction of sp³-hybridized carbons (Fsp3) is 0.333. The summed E-state index contributed by atoms with van der Waals surface area (Å²) in [4.78, 5) is 16.6. The quantitative estimate of drug-likeness (QED) is 0.887. The second-order valence-corrected chi connectivity index (χ2v) is 5.67. The van der Waals surface area contributed by atoms with E-state index in [2.05, 4.69) is 4.98 Å². The van der Waals surface area contributed by atoms with Gasteiger partial charge >= 0.3 is 5.97 Å². The summed E-state index contributed by atoms with van der Waals surface area (Å²) in [6, 6.07) is 6.34. The van der Waals surface area contributed by atoms with Gasteiger partial charge in [-0.05, 0) is 37.8 Å². The second-order valence-electron chi connectivity index (χ2n) is 4.73. The molecule has 0 amide bonds. The number of carboxylic acids is 1. The number of nitrogens with zero attached hydrogens (tertiary/aromatic N) is 1. The lowest BCUT2D eigenvalue weighted by atomic mass is 9.94. The molecule has 20 heavy (non-hydrogen) atoms. The lowest BCUT2D eigenvalue weighted by Gasteiger charge is -2.12. The highest BCUT2D eigenvalue weighted by Gasteiger charge is 2.20. The Morgan fingerprint density at radius 1 is 1.45 bits per heavy atom. The third kappa shape index (κ3) is 3.63. The maximum atomic E-state index is 13.6. The minimum atomic E-state index is -0.879. The number of thiazole rings is 1. The van der Waals surface area contributed by atoms with E-state index in [-0.39, 0.29) is 12.2 Å². The summed E-state index contributed by atoms with van der Waals surface area (Å²) in [7, 11) is 0. The van der Waals surface area contributed by atoms with Crippen LogP contribution in [0.4, 0.5) is 4.39 Å². The number of hydrogen-bond donors (Lipinski definition) is 1. The third-order valence-corrected chi connectivity index (χ3v) is 4.33. The van der Waals surface area contributed by atoms with E-state index in [9.17, 15) is 14.3 Å². The molecule has 1 unspecified atom stereocenters. The van der Waals surface area contributed by atoms with Crippen LogP contribution in [-0.4, -0.2) is 16.1 Å². The number of benzene rings is 1. The topological polar surface area (TPSA) is 50.2 Å². The number of carbonyl (C=O) groups is 1. The molecule has 0 spiro atoms. The first-order chi connectivity index (χ1) is 9.58. The predicted octanol–water partition coefficient (Wildman–Crippen LogP) is 3.47. The minimum absolute atomic E-state index is 0.222. The number of aliphatic carboxylic acids is 1. The van der Waals surface area contributed by atoms with Crippen LogP contribution < -0.4 is 0 Å². The van der Waals surface area contributed by atoms with Crippen LogP contribution in [0.15, 0.2) is 29.8 Å². The molecular formula is C15H16FNO2S. The number of halogens is 1. The monoisotopic (exact) mass is 293 g/mol. The van der Waals surface area contributed by atoms with Gasteiger partial charge < -0.3 is 5.11 Å². The van der Waals surface area contributed by atoms with Gasteiger partial charge in [-0.3, -0.25) is 4.79 Å². The average molecular weight is 293 g/mol. The van der Waals surface area contributed by atoms with Crippen molar-refractivity contribution in [1.82, 2.24) is 4.98 Å². The van der Waals surface area contributed by atoms with Gasteiger partial charge in [-0.1, -0.05) is 18.2 Å². The van der Waals surface area contributed by atoms with Crippen molar-refractivity contribution in [3.63, 3.8) is 0 Å². The summed E-state index contributed by atoms with van der Waals surface area (Å²) < 4.78 is 13.6. The average Bonchev–Trinajstić information content (AvgIpc) is 2.82. The minimum Gasteiger partial charge on any atom is -0.481 e. The maximum Gasteiger partial charge on any atom is 0.306 e. The Balaban J connectivity index is 2.03. The lowest BCUT2D eigenvalue weighted by molar-refractivity contribution is -0.141. The zero-order chi connectivity index (χ0) is 14.5. The van der Waals surface area contributed by atoms with Gasteiger partial charge in [0.05, 0.1) is 17.1 Å². The number of aryl methyl sites for hydroxylation is 2. The number of rotatable bonds is 6. The van der Waals surface area contributed by atoms with Crippen LogP contribution in [0.5, 0.6) is 0 Å². The van der Waals surface area contributed by atoms with Crippen molar-refractivity contribution in [2.45, 2.75) is 26.2 Å². The molecule has 2 rings (SSSR count). The van der Waals surface area contributed by atoms with Crippen LogP contribution in [0.25, 0.3) is 0 Å². The molecule has 0 radical (unpaired) electrons. The van der Waals surface area contributed by atoms with Gasteiger partial charge in [0.25, 0.3) is 0 Å². The van der Waals surface area contributed by atoms with Gasteiger partial charge in [0.1, 0.15) is 5.82 Å². The highest BCUT2D eigenvalue weighted by atomic mass is 32.1. The Morgan fingerprint density at radius 2 is 2.20 bits per heavy atom. The van der Waals surface area contributed by atoms with Crippen LogP contribution >= 0.6 is 11.3 Å². The van der Waals surface area contributed by atoms with Crippen LogP contribution in [0.3, 0.4) is 0 Å². The van der Waals surface area contributed by atoms with Crippen molar-refractivity contribution < 1.29 is 14.3 Å². The smallest absolute Gasteiger partial charge is 0.306 e. The van der Waals surface area contributed by atoms with Gasteiger partial charge in [0.15, 0.2) is 0 Å². The van der Waals surface area contributed by atoms with Crippen molar-refractivity contribution >= 4 is 17.3 Å². The van der Waals surface area contributed by atoms with Crippen LogP contribution in [-0.2, 0) is 17.6 Å². The molecule has 0 aliphatic rings. The summed E-state index contributed by atoms with van der Waals surface area (Å²) in [6.45, 7) is 1.92. The summed E-state index contributed by atoms with van der Waals surface area (Å²) in [5, 5.41) is 9.29. The molecule has 5 heteroatoms. The van der Waals surface area contributed by atoms with Crippen molar-refractivity contribution in [2.24, 2.45) is 5.92 Å². The van der Waals surface area contributed by atoms with Gasteiger partial charge in [0, 0.05) is 4.88 Å². The first-order valence-corrected chi connectivity index (χ1v) is 7.31. The zero-order valence-electron chi connectivity index (χ0n) is 11.2. The fourth-order valence-electron chi connectivity index (χ4n) is 2.11.